The van der Waals surface area contributed by atoms with Crippen LogP contribution in [0.2, 0.25) is 10.0 Å². The minimum atomic E-state index is -1.22. The van der Waals surface area contributed by atoms with Gasteiger partial charge in [-0.3, -0.25) is 9.59 Å². The summed E-state index contributed by atoms with van der Waals surface area (Å²) in [5.74, 6) is -2.58. The van der Waals surface area contributed by atoms with Gasteiger partial charge in [-0.15, -0.1) is 0 Å². The lowest BCUT2D eigenvalue weighted by Gasteiger charge is -2.51. The summed E-state index contributed by atoms with van der Waals surface area (Å²) in [7, 11) is 0. The van der Waals surface area contributed by atoms with Gasteiger partial charge in [0.2, 0.25) is 11.8 Å². The Morgan fingerprint density at radius 3 is 2.03 bits per heavy atom. The highest BCUT2D eigenvalue weighted by atomic mass is 35.5. The fourth-order valence-corrected chi connectivity index (χ4v) is 6.31. The van der Waals surface area contributed by atoms with E-state index in [2.05, 4.69) is 0 Å². The predicted molar refractivity (Wildman–Crippen MR) is 118 cm³/mol. The number of hydrogen-bond donors (Lipinski definition) is 0. The fourth-order valence-electron chi connectivity index (χ4n) is 5.93. The molecule has 0 radical (unpaired) electrons. The summed E-state index contributed by atoms with van der Waals surface area (Å²) in [5, 5.41) is 0.404. The largest absolute Gasteiger partial charge is 0.302 e. The van der Waals surface area contributed by atoms with Crippen LogP contribution in [0.4, 0.5) is 5.69 Å². The van der Waals surface area contributed by atoms with Crippen molar-refractivity contribution in [1.82, 2.24) is 0 Å². The van der Waals surface area contributed by atoms with Gasteiger partial charge in [0.25, 0.3) is 0 Å². The quantitative estimate of drug-likeness (QED) is 0.420. The molecule has 152 valence electrons. The van der Waals surface area contributed by atoms with Crippen molar-refractivity contribution in [1.29, 1.82) is 0 Å². The lowest BCUT2D eigenvalue weighted by molar-refractivity contribution is -0.128. The average Bonchev–Trinajstić information content (AvgIpc) is 3.07. The maximum absolute atomic E-state index is 13.8. The molecule has 1 saturated heterocycles. The molecule has 4 aliphatic rings. The van der Waals surface area contributed by atoms with Crippen LogP contribution in [0, 0.1) is 11.8 Å². The molecule has 1 fully saturated rings. The Labute approximate surface area is 188 Å². The third kappa shape index (κ3) is 2.09. The molecule has 4 nitrogen and oxygen atoms in total. The summed E-state index contributed by atoms with van der Waals surface area (Å²) in [6.45, 7) is 0. The Kier molecular flexibility index (Phi) is 3.81. The first-order valence-corrected chi connectivity index (χ1v) is 10.7. The van der Waals surface area contributed by atoms with E-state index in [1.165, 1.54) is 0 Å². The summed E-state index contributed by atoms with van der Waals surface area (Å²) in [6.07, 6.45) is 0.853. The summed E-state index contributed by atoms with van der Waals surface area (Å²) in [4.78, 5) is 41.6. The van der Waals surface area contributed by atoms with Gasteiger partial charge in [-0.1, -0.05) is 77.8 Å². The summed E-state index contributed by atoms with van der Waals surface area (Å²) in [6, 6.07) is 20.1. The smallest absolute Gasteiger partial charge is 0.239 e. The van der Waals surface area contributed by atoms with Gasteiger partial charge >= 0.3 is 0 Å². The number of aldehydes is 1. The Morgan fingerprint density at radius 1 is 0.806 bits per heavy atom. The van der Waals surface area contributed by atoms with Crippen LogP contribution < -0.4 is 4.90 Å². The van der Waals surface area contributed by atoms with Gasteiger partial charge in [-0.2, -0.15) is 0 Å². The van der Waals surface area contributed by atoms with E-state index in [9.17, 15) is 14.4 Å². The highest BCUT2D eigenvalue weighted by Crippen LogP contribution is 2.63. The first-order chi connectivity index (χ1) is 15.0. The van der Waals surface area contributed by atoms with Gasteiger partial charge in [-0.25, -0.2) is 4.90 Å². The molecule has 3 aromatic rings. The van der Waals surface area contributed by atoms with Crippen LogP contribution in [0.25, 0.3) is 0 Å². The van der Waals surface area contributed by atoms with Crippen molar-refractivity contribution < 1.29 is 14.4 Å². The van der Waals surface area contributed by atoms with Crippen molar-refractivity contribution >= 4 is 47.0 Å². The van der Waals surface area contributed by atoms with Crippen molar-refractivity contribution in [2.75, 3.05) is 4.90 Å². The van der Waals surface area contributed by atoms with Crippen molar-refractivity contribution in [3.63, 3.8) is 0 Å². The molecule has 2 atom stereocenters. The van der Waals surface area contributed by atoms with E-state index < -0.39 is 23.2 Å². The second kappa shape index (κ2) is 6.28. The van der Waals surface area contributed by atoms with Crippen LogP contribution >= 0.6 is 23.2 Å². The minimum absolute atomic E-state index is 0.145. The highest BCUT2D eigenvalue weighted by molar-refractivity contribution is 6.45. The van der Waals surface area contributed by atoms with Crippen LogP contribution in [0.3, 0.4) is 0 Å². The molecule has 7 rings (SSSR count). The third-order valence-electron chi connectivity index (χ3n) is 7.04. The molecule has 1 aliphatic heterocycles. The number of amides is 2. The topological polar surface area (TPSA) is 54.5 Å². The van der Waals surface area contributed by atoms with E-state index in [0.717, 1.165) is 33.4 Å². The molecule has 6 heteroatoms. The molecule has 2 amide bonds. The highest BCUT2D eigenvalue weighted by Gasteiger charge is 2.68. The number of carbonyl (C=O) groups is 3. The van der Waals surface area contributed by atoms with Gasteiger partial charge in [0.1, 0.15) is 6.29 Å². The normalized spacial score (nSPS) is 27.7. The van der Waals surface area contributed by atoms with E-state index in [1.54, 1.807) is 18.2 Å². The molecular weight excluding hydrogens is 433 g/mol. The van der Waals surface area contributed by atoms with Crippen molar-refractivity contribution in [3.8, 4) is 0 Å². The van der Waals surface area contributed by atoms with E-state index in [4.69, 9.17) is 23.2 Å². The van der Waals surface area contributed by atoms with Crippen molar-refractivity contribution in [3.05, 3.63) is 99.0 Å². The molecular formula is C25H15Cl2NO3. The number of rotatable bonds is 2. The molecule has 0 unspecified atom stereocenters. The standard InChI is InChI=1S/C25H15Cl2NO3/c26-17-10-5-11-18(22(17)27)28-23(30)20-19-13-6-1-3-8-15(13)25(12-29,21(20)24(28)31)16-9-4-2-7-14(16)19/h1-12,19-21H/t19?,20-,21-,25?/m0/s1. The predicted octanol–water partition coefficient (Wildman–Crippen LogP) is 4.74. The minimum Gasteiger partial charge on any atom is -0.302 e. The molecule has 2 bridgehead atoms. The van der Waals surface area contributed by atoms with Crippen LogP contribution in [0.15, 0.2) is 66.7 Å². The van der Waals surface area contributed by atoms with Crippen molar-refractivity contribution in [2.45, 2.75) is 11.3 Å². The lowest BCUT2D eigenvalue weighted by Crippen LogP contribution is -2.54. The molecule has 31 heavy (non-hydrogen) atoms. The van der Waals surface area contributed by atoms with Crippen LogP contribution in [0.5, 0.6) is 0 Å². The maximum atomic E-state index is 13.8. The number of halogens is 2. The summed E-state index contributed by atoms with van der Waals surface area (Å²) >= 11 is 12.6. The summed E-state index contributed by atoms with van der Waals surface area (Å²) in [5.41, 5.74) is 2.49. The van der Waals surface area contributed by atoms with Gasteiger partial charge in [0, 0.05) is 5.92 Å². The number of anilines is 1. The number of carbonyl (C=O) groups excluding carboxylic acids is 3. The summed E-state index contributed by atoms with van der Waals surface area (Å²) < 4.78 is 0. The molecule has 0 spiro atoms. The van der Waals surface area contributed by atoms with Crippen molar-refractivity contribution in [2.24, 2.45) is 11.8 Å². The molecule has 1 heterocycles. The molecule has 3 aliphatic carbocycles. The Morgan fingerprint density at radius 2 is 1.42 bits per heavy atom. The zero-order valence-electron chi connectivity index (χ0n) is 16.1. The van der Waals surface area contributed by atoms with E-state index >= 15 is 0 Å². The van der Waals surface area contributed by atoms with E-state index in [1.807, 2.05) is 48.5 Å². The zero-order valence-corrected chi connectivity index (χ0v) is 17.6. The first-order valence-electron chi connectivity index (χ1n) is 9.99. The Bertz CT molecular complexity index is 1270. The average molecular weight is 448 g/mol. The number of imide groups is 1. The van der Waals surface area contributed by atoms with Crippen LogP contribution in [0.1, 0.15) is 28.2 Å². The zero-order chi connectivity index (χ0) is 21.5. The third-order valence-corrected chi connectivity index (χ3v) is 7.85. The van der Waals surface area contributed by atoms with E-state index in [-0.39, 0.29) is 27.6 Å². The number of benzene rings is 3. The first kappa shape index (κ1) is 18.8. The fraction of sp³-hybridized carbons (Fsp3) is 0.160. The monoisotopic (exact) mass is 447 g/mol. The van der Waals surface area contributed by atoms with Gasteiger partial charge in [0.05, 0.1) is 33.0 Å². The maximum Gasteiger partial charge on any atom is 0.239 e. The second-order valence-electron chi connectivity index (χ2n) is 8.23. The lowest BCUT2D eigenvalue weighted by atomic mass is 9.48. The van der Waals surface area contributed by atoms with Crippen LogP contribution in [-0.2, 0) is 19.8 Å². The second-order valence-corrected chi connectivity index (χ2v) is 9.01. The molecule has 0 aromatic heterocycles. The number of nitrogens with zero attached hydrogens (tertiary/aromatic N) is 1. The van der Waals surface area contributed by atoms with Crippen LogP contribution in [-0.4, -0.2) is 18.1 Å². The van der Waals surface area contributed by atoms with Gasteiger partial charge < -0.3 is 4.79 Å². The number of hydrogen-bond acceptors (Lipinski definition) is 3. The Hall–Kier alpha value is -2.95. The SMILES string of the molecule is O=CC12c3ccccc3C(c3ccccc31)[C@@H]1C(=O)N(c3cccc(Cl)c3Cl)C(=O)[C@H]12. The molecule has 0 N–H and O–H groups in total. The van der Waals surface area contributed by atoms with E-state index in [0.29, 0.717) is 0 Å². The molecule has 3 aromatic carbocycles. The molecule has 0 saturated carbocycles. The van der Waals surface area contributed by atoms with Gasteiger partial charge in [-0.05, 0) is 34.4 Å². The Balaban J connectivity index is 1.66. The van der Waals surface area contributed by atoms with Gasteiger partial charge in [0.15, 0.2) is 0 Å².